The Kier molecular flexibility index (Phi) is 15.3. The van der Waals surface area contributed by atoms with Crippen molar-refractivity contribution in [2.24, 2.45) is 11.8 Å². The molecule has 216 valence electrons. The van der Waals surface area contributed by atoms with Crippen LogP contribution in [0.1, 0.15) is 125 Å². The Morgan fingerprint density at radius 2 is 1.15 bits per heavy atom. The standard InChI is InChI=1S/C36H56N2O/c1-3-4-5-6-8-11-14-34-29-35(34)15-12-9-7-10-13-16-36(39)38-37-28-27-33-25-23-32(24-26-33)22-21-31-19-17-30(2)18-20-31/h17-20,23-26,34-35,37H,3-16,21-22,27-29H2,1-2H3,(H,38,39)/t34-,35+/m0/s1. The van der Waals surface area contributed by atoms with Crippen molar-refractivity contribution in [1.82, 2.24) is 10.9 Å². The maximum atomic E-state index is 12.1. The fourth-order valence-corrected chi connectivity index (χ4v) is 5.77. The molecule has 0 aliphatic heterocycles. The van der Waals surface area contributed by atoms with Gasteiger partial charge in [0.05, 0.1) is 0 Å². The molecule has 39 heavy (non-hydrogen) atoms. The summed E-state index contributed by atoms with van der Waals surface area (Å²) in [6.45, 7) is 5.18. The summed E-state index contributed by atoms with van der Waals surface area (Å²) < 4.78 is 0. The van der Waals surface area contributed by atoms with E-state index >= 15 is 0 Å². The largest absolute Gasteiger partial charge is 0.292 e. The van der Waals surface area contributed by atoms with Crippen LogP contribution in [0.4, 0.5) is 0 Å². The molecule has 0 spiro atoms. The van der Waals surface area contributed by atoms with Gasteiger partial charge in [-0.25, -0.2) is 5.43 Å². The minimum Gasteiger partial charge on any atom is -0.292 e. The zero-order valence-electron chi connectivity index (χ0n) is 25.1. The first-order valence-corrected chi connectivity index (χ1v) is 16.3. The van der Waals surface area contributed by atoms with Crippen molar-refractivity contribution in [2.75, 3.05) is 6.54 Å². The highest BCUT2D eigenvalue weighted by Crippen LogP contribution is 2.45. The molecular weight excluding hydrogens is 476 g/mol. The van der Waals surface area contributed by atoms with Gasteiger partial charge in [0.15, 0.2) is 0 Å². The van der Waals surface area contributed by atoms with Gasteiger partial charge in [0.25, 0.3) is 0 Å². The average Bonchev–Trinajstić information content (AvgIpc) is 3.70. The summed E-state index contributed by atoms with van der Waals surface area (Å²) in [7, 11) is 0. The van der Waals surface area contributed by atoms with Crippen LogP contribution in [0.15, 0.2) is 48.5 Å². The normalized spacial score (nSPS) is 16.4. The molecule has 0 radical (unpaired) electrons. The molecule has 0 bridgehead atoms. The lowest BCUT2D eigenvalue weighted by molar-refractivity contribution is -0.122. The Morgan fingerprint density at radius 3 is 1.74 bits per heavy atom. The number of benzene rings is 2. The highest BCUT2D eigenvalue weighted by atomic mass is 16.2. The summed E-state index contributed by atoms with van der Waals surface area (Å²) >= 11 is 0. The lowest BCUT2D eigenvalue weighted by Gasteiger charge is -2.08. The zero-order valence-corrected chi connectivity index (χ0v) is 25.1. The molecule has 1 amide bonds. The fourth-order valence-electron chi connectivity index (χ4n) is 5.77. The minimum absolute atomic E-state index is 0.122. The maximum Gasteiger partial charge on any atom is 0.234 e. The Hall–Kier alpha value is -2.13. The fraction of sp³-hybridized carbons (Fsp3) is 0.639. The molecule has 1 fully saturated rings. The van der Waals surface area contributed by atoms with Gasteiger partial charge in [0, 0.05) is 13.0 Å². The van der Waals surface area contributed by atoms with E-state index in [1.54, 1.807) is 0 Å². The predicted molar refractivity (Wildman–Crippen MR) is 167 cm³/mol. The highest BCUT2D eigenvalue weighted by Gasteiger charge is 2.34. The summed E-state index contributed by atoms with van der Waals surface area (Å²) in [6, 6.07) is 17.7. The number of carbonyl (C=O) groups is 1. The molecule has 3 rings (SSSR count). The second kappa shape index (κ2) is 19.0. The van der Waals surface area contributed by atoms with Crippen LogP contribution in [0.5, 0.6) is 0 Å². The summed E-state index contributed by atoms with van der Waals surface area (Å²) in [6.07, 6.45) is 22.9. The van der Waals surface area contributed by atoms with Crippen LogP contribution in [-0.2, 0) is 24.1 Å². The quantitative estimate of drug-likeness (QED) is 0.117. The number of hydrazine groups is 1. The van der Waals surface area contributed by atoms with E-state index in [1.165, 1.54) is 106 Å². The Balaban J connectivity index is 1.09. The smallest absolute Gasteiger partial charge is 0.234 e. The minimum atomic E-state index is 0.122. The van der Waals surface area contributed by atoms with Crippen LogP contribution >= 0.6 is 0 Å². The van der Waals surface area contributed by atoms with Gasteiger partial charge in [-0.15, -0.1) is 0 Å². The molecule has 0 unspecified atom stereocenters. The first kappa shape index (κ1) is 31.4. The monoisotopic (exact) mass is 532 g/mol. The third-order valence-electron chi connectivity index (χ3n) is 8.59. The molecule has 3 nitrogen and oxygen atoms in total. The molecule has 3 heteroatoms. The number of nitrogens with one attached hydrogen (secondary N) is 2. The topological polar surface area (TPSA) is 41.1 Å². The van der Waals surface area contributed by atoms with Gasteiger partial charge in [0.1, 0.15) is 0 Å². The molecule has 2 aromatic rings. The van der Waals surface area contributed by atoms with Crippen molar-refractivity contribution < 1.29 is 4.79 Å². The van der Waals surface area contributed by atoms with Crippen LogP contribution in [0.3, 0.4) is 0 Å². The van der Waals surface area contributed by atoms with E-state index in [9.17, 15) is 4.79 Å². The predicted octanol–water partition coefficient (Wildman–Crippen LogP) is 9.06. The molecule has 0 aromatic heterocycles. The first-order valence-electron chi connectivity index (χ1n) is 16.3. The molecule has 0 heterocycles. The third kappa shape index (κ3) is 14.2. The van der Waals surface area contributed by atoms with Gasteiger partial charge >= 0.3 is 0 Å². The lowest BCUT2D eigenvalue weighted by atomic mass is 10.0. The van der Waals surface area contributed by atoms with E-state index in [2.05, 4.69) is 73.2 Å². The van der Waals surface area contributed by atoms with Gasteiger partial charge < -0.3 is 0 Å². The summed E-state index contributed by atoms with van der Waals surface area (Å²) in [5.74, 6) is 2.22. The number of rotatable bonds is 22. The summed E-state index contributed by atoms with van der Waals surface area (Å²) in [5.41, 5.74) is 11.4. The van der Waals surface area contributed by atoms with E-state index < -0.39 is 0 Å². The highest BCUT2D eigenvalue weighted by molar-refractivity contribution is 5.75. The van der Waals surface area contributed by atoms with Crippen LogP contribution < -0.4 is 10.9 Å². The molecule has 1 aliphatic carbocycles. The number of hydrogen-bond acceptors (Lipinski definition) is 2. The maximum absolute atomic E-state index is 12.1. The van der Waals surface area contributed by atoms with Crippen molar-refractivity contribution in [2.45, 2.75) is 129 Å². The zero-order chi connectivity index (χ0) is 27.5. The van der Waals surface area contributed by atoms with Crippen LogP contribution in [0.25, 0.3) is 0 Å². The van der Waals surface area contributed by atoms with Crippen molar-refractivity contribution in [3.05, 3.63) is 70.8 Å². The molecular formula is C36H56N2O. The summed E-state index contributed by atoms with van der Waals surface area (Å²) in [4.78, 5) is 12.1. The Morgan fingerprint density at radius 1 is 0.667 bits per heavy atom. The Labute approximate surface area is 239 Å². The van der Waals surface area contributed by atoms with E-state index in [0.29, 0.717) is 6.42 Å². The van der Waals surface area contributed by atoms with E-state index in [-0.39, 0.29) is 5.91 Å². The number of amides is 1. The first-order chi connectivity index (χ1) is 19.1. The lowest BCUT2D eigenvalue weighted by Crippen LogP contribution is -2.38. The molecule has 2 aromatic carbocycles. The van der Waals surface area contributed by atoms with Crippen molar-refractivity contribution >= 4 is 5.91 Å². The number of carbonyl (C=O) groups excluding carboxylic acids is 1. The van der Waals surface area contributed by atoms with Gasteiger partial charge in [-0.05, 0) is 67.6 Å². The number of unbranched alkanes of at least 4 members (excludes halogenated alkanes) is 9. The van der Waals surface area contributed by atoms with Crippen LogP contribution in [-0.4, -0.2) is 12.5 Å². The second-order valence-electron chi connectivity index (χ2n) is 12.1. The van der Waals surface area contributed by atoms with E-state index in [4.69, 9.17) is 0 Å². The van der Waals surface area contributed by atoms with Crippen LogP contribution in [0.2, 0.25) is 0 Å². The number of hydrogen-bond donors (Lipinski definition) is 2. The van der Waals surface area contributed by atoms with Crippen molar-refractivity contribution in [3.8, 4) is 0 Å². The van der Waals surface area contributed by atoms with Gasteiger partial charge in [-0.3, -0.25) is 10.2 Å². The molecule has 2 atom stereocenters. The van der Waals surface area contributed by atoms with Gasteiger partial charge in [-0.1, -0.05) is 138 Å². The number of aryl methyl sites for hydroxylation is 3. The van der Waals surface area contributed by atoms with E-state index in [1.807, 2.05) is 0 Å². The van der Waals surface area contributed by atoms with Crippen LogP contribution in [0, 0.1) is 18.8 Å². The Bertz CT molecular complexity index is 905. The molecule has 2 N–H and O–H groups in total. The van der Waals surface area contributed by atoms with Crippen molar-refractivity contribution in [3.63, 3.8) is 0 Å². The van der Waals surface area contributed by atoms with Gasteiger partial charge in [0.2, 0.25) is 5.91 Å². The second-order valence-corrected chi connectivity index (χ2v) is 12.1. The van der Waals surface area contributed by atoms with Gasteiger partial charge in [-0.2, -0.15) is 0 Å². The molecule has 0 saturated heterocycles. The molecule has 1 saturated carbocycles. The third-order valence-corrected chi connectivity index (χ3v) is 8.59. The van der Waals surface area contributed by atoms with Crippen molar-refractivity contribution in [1.29, 1.82) is 0 Å². The molecule has 1 aliphatic rings. The summed E-state index contributed by atoms with van der Waals surface area (Å²) in [5, 5.41) is 0. The van der Waals surface area contributed by atoms with E-state index in [0.717, 1.165) is 44.1 Å². The SMILES string of the molecule is CCCCCCCC[C@H]1C[C@H]1CCCCCCCC(=O)NNCCc1ccc(CCc2ccc(C)cc2)cc1. The average molecular weight is 533 g/mol.